The lowest BCUT2D eigenvalue weighted by molar-refractivity contribution is -0.122. The number of carbonyl (C=O) groups excluding carboxylic acids is 2. The van der Waals surface area contributed by atoms with Crippen LogP contribution in [0.1, 0.15) is 5.56 Å². The fraction of sp³-hybridized carbons (Fsp3) is 0.0667. The molecular formula is C15H12N3O2. The molecule has 0 unspecified atom stereocenters. The molecular weight excluding hydrogens is 254 g/mol. The highest BCUT2D eigenvalue weighted by atomic mass is 16.2. The molecule has 0 aliphatic rings. The first kappa shape index (κ1) is 13.6. The minimum Gasteiger partial charge on any atom is -0.350 e. The Kier molecular flexibility index (Phi) is 3.96. The van der Waals surface area contributed by atoms with Crippen molar-refractivity contribution in [1.29, 1.82) is 5.26 Å². The van der Waals surface area contributed by atoms with Gasteiger partial charge in [-0.05, 0) is 22.8 Å². The minimum absolute atomic E-state index is 0.320. The highest BCUT2D eigenvalue weighted by molar-refractivity contribution is 6.00. The first-order valence-electron chi connectivity index (χ1n) is 5.96. The molecule has 0 atom stereocenters. The van der Waals surface area contributed by atoms with E-state index in [-0.39, 0.29) is 0 Å². The van der Waals surface area contributed by atoms with Gasteiger partial charge in [0, 0.05) is 0 Å². The van der Waals surface area contributed by atoms with Gasteiger partial charge in [0.05, 0.1) is 6.42 Å². The Hall–Kier alpha value is -2.87. The third kappa shape index (κ3) is 2.93. The van der Waals surface area contributed by atoms with E-state index in [0.717, 1.165) is 16.3 Å². The molecule has 2 aromatic rings. The van der Waals surface area contributed by atoms with Crippen molar-refractivity contribution in [2.24, 2.45) is 5.73 Å². The molecule has 0 fully saturated rings. The van der Waals surface area contributed by atoms with Crippen molar-refractivity contribution in [3.05, 3.63) is 54.4 Å². The lowest BCUT2D eigenvalue weighted by Gasteiger charge is -2.08. The number of rotatable bonds is 3. The highest BCUT2D eigenvalue weighted by Crippen LogP contribution is 2.16. The van der Waals surface area contributed by atoms with E-state index in [9.17, 15) is 9.59 Å². The summed E-state index contributed by atoms with van der Waals surface area (Å²) in [6.45, 7) is 0. The fourth-order valence-electron chi connectivity index (χ4n) is 1.87. The summed E-state index contributed by atoms with van der Waals surface area (Å²) in [6.07, 6.45) is 3.04. The minimum atomic E-state index is -1.08. The van der Waals surface area contributed by atoms with E-state index in [2.05, 4.69) is 0 Å². The summed E-state index contributed by atoms with van der Waals surface area (Å²) in [7, 11) is 0. The second-order valence-electron chi connectivity index (χ2n) is 4.20. The number of carbonyl (C=O) groups is 2. The maximum Gasteiger partial charge on any atom is 0.335 e. The average molecular weight is 266 g/mol. The highest BCUT2D eigenvalue weighted by Gasteiger charge is 2.18. The van der Waals surface area contributed by atoms with Gasteiger partial charge in [0.25, 0.3) is 0 Å². The predicted octanol–water partition coefficient (Wildman–Crippen LogP) is 1.97. The van der Waals surface area contributed by atoms with Gasteiger partial charge in [-0.25, -0.2) is 4.79 Å². The number of urea groups is 1. The third-order valence-electron chi connectivity index (χ3n) is 2.87. The van der Waals surface area contributed by atoms with Crippen LogP contribution in [-0.4, -0.2) is 16.8 Å². The van der Waals surface area contributed by atoms with Gasteiger partial charge in [-0.1, -0.05) is 42.5 Å². The van der Waals surface area contributed by atoms with Crippen molar-refractivity contribution >= 4 is 22.7 Å². The monoisotopic (exact) mass is 266 g/mol. The average Bonchev–Trinajstić information content (AvgIpc) is 2.45. The summed E-state index contributed by atoms with van der Waals surface area (Å²) in [5, 5.41) is 10.8. The van der Waals surface area contributed by atoms with Crippen LogP contribution in [0.5, 0.6) is 0 Å². The summed E-state index contributed by atoms with van der Waals surface area (Å²) in [6, 6.07) is 12.6. The van der Waals surface area contributed by atoms with Gasteiger partial charge >= 0.3 is 6.03 Å². The summed E-state index contributed by atoms with van der Waals surface area (Å²) in [4.78, 5) is 22.8. The molecule has 1 radical (unpaired) electrons. The van der Waals surface area contributed by atoms with Crippen LogP contribution in [0.15, 0.2) is 42.5 Å². The summed E-state index contributed by atoms with van der Waals surface area (Å²) in [5.74, 6) is -0.715. The second kappa shape index (κ2) is 5.85. The van der Waals surface area contributed by atoms with Crippen LogP contribution in [0.3, 0.4) is 0 Å². The van der Waals surface area contributed by atoms with Gasteiger partial charge in [0.15, 0.2) is 6.19 Å². The number of hydrogen-bond acceptors (Lipinski definition) is 3. The Balaban J connectivity index is 2.08. The number of nitrogens with zero attached hydrogens (tertiary/aromatic N) is 2. The lowest BCUT2D eigenvalue weighted by Crippen LogP contribution is -2.37. The van der Waals surface area contributed by atoms with Gasteiger partial charge in [0.1, 0.15) is 0 Å². The molecule has 0 heterocycles. The molecule has 5 heteroatoms. The van der Waals surface area contributed by atoms with Gasteiger partial charge in [-0.15, -0.1) is 0 Å². The van der Waals surface area contributed by atoms with Crippen molar-refractivity contribution in [1.82, 2.24) is 4.90 Å². The number of hydrogen-bond donors (Lipinski definition) is 1. The zero-order valence-corrected chi connectivity index (χ0v) is 10.6. The first-order chi connectivity index (χ1) is 9.61. The SMILES string of the molecule is N#CN(C(N)=O)C(=O)[CH]Cc1ccc2ccccc2c1. The van der Waals surface area contributed by atoms with Crippen LogP contribution in [0.2, 0.25) is 0 Å². The number of amides is 3. The molecule has 0 saturated carbocycles. The molecule has 2 rings (SSSR count). The molecule has 3 amide bonds. The zero-order chi connectivity index (χ0) is 14.5. The van der Waals surface area contributed by atoms with Crippen molar-refractivity contribution in [2.75, 3.05) is 0 Å². The molecule has 0 bridgehead atoms. The molecule has 5 nitrogen and oxygen atoms in total. The van der Waals surface area contributed by atoms with E-state index in [1.807, 2.05) is 42.5 Å². The molecule has 0 aliphatic carbocycles. The van der Waals surface area contributed by atoms with E-state index in [4.69, 9.17) is 11.0 Å². The maximum atomic E-state index is 11.6. The summed E-state index contributed by atoms with van der Waals surface area (Å²) >= 11 is 0. The number of imide groups is 1. The molecule has 0 saturated heterocycles. The number of primary amides is 1. The Morgan fingerprint density at radius 2 is 1.90 bits per heavy atom. The third-order valence-corrected chi connectivity index (χ3v) is 2.87. The van der Waals surface area contributed by atoms with Gasteiger partial charge < -0.3 is 5.73 Å². The van der Waals surface area contributed by atoms with Gasteiger partial charge in [-0.3, -0.25) is 4.79 Å². The van der Waals surface area contributed by atoms with E-state index < -0.39 is 11.9 Å². The van der Waals surface area contributed by atoms with E-state index in [0.29, 0.717) is 11.3 Å². The van der Waals surface area contributed by atoms with Crippen LogP contribution in [0.4, 0.5) is 4.79 Å². The van der Waals surface area contributed by atoms with E-state index in [1.54, 1.807) is 0 Å². The predicted molar refractivity (Wildman–Crippen MR) is 74.0 cm³/mol. The quantitative estimate of drug-likeness (QED) is 0.680. The Morgan fingerprint density at radius 3 is 2.55 bits per heavy atom. The molecule has 2 aromatic carbocycles. The lowest BCUT2D eigenvalue weighted by atomic mass is 10.0. The Labute approximate surface area is 116 Å². The van der Waals surface area contributed by atoms with Crippen molar-refractivity contribution in [2.45, 2.75) is 6.42 Å². The standard InChI is InChI=1S/C15H12N3O2/c16-10-18(15(17)20)14(19)8-6-11-5-7-12-3-1-2-4-13(12)9-11/h1-5,7-9H,6H2,(H2,17,20). The largest absolute Gasteiger partial charge is 0.350 e. The number of nitrogens with two attached hydrogens (primary N) is 1. The topological polar surface area (TPSA) is 87.2 Å². The van der Waals surface area contributed by atoms with Crippen molar-refractivity contribution < 1.29 is 9.59 Å². The van der Waals surface area contributed by atoms with Crippen LogP contribution in [-0.2, 0) is 11.2 Å². The normalized spacial score (nSPS) is 9.95. The Bertz CT molecular complexity index is 704. The van der Waals surface area contributed by atoms with Crippen LogP contribution in [0, 0.1) is 17.9 Å². The molecule has 20 heavy (non-hydrogen) atoms. The molecule has 2 N–H and O–H groups in total. The molecule has 99 valence electrons. The molecule has 0 aromatic heterocycles. The fourth-order valence-corrected chi connectivity index (χ4v) is 1.87. The second-order valence-corrected chi connectivity index (χ2v) is 4.20. The van der Waals surface area contributed by atoms with Gasteiger partial charge in [-0.2, -0.15) is 10.2 Å². The van der Waals surface area contributed by atoms with E-state index in [1.165, 1.54) is 12.6 Å². The van der Waals surface area contributed by atoms with Crippen LogP contribution >= 0.6 is 0 Å². The number of benzene rings is 2. The maximum absolute atomic E-state index is 11.6. The number of fused-ring (bicyclic) bond motifs is 1. The smallest absolute Gasteiger partial charge is 0.335 e. The Morgan fingerprint density at radius 1 is 1.20 bits per heavy atom. The first-order valence-corrected chi connectivity index (χ1v) is 5.96. The van der Waals surface area contributed by atoms with Crippen LogP contribution in [0.25, 0.3) is 10.8 Å². The zero-order valence-electron chi connectivity index (χ0n) is 10.6. The summed E-state index contributed by atoms with van der Waals surface area (Å²) in [5.41, 5.74) is 5.83. The van der Waals surface area contributed by atoms with Crippen LogP contribution < -0.4 is 5.73 Å². The van der Waals surface area contributed by atoms with Crippen molar-refractivity contribution in [3.8, 4) is 6.19 Å². The molecule has 0 aliphatic heterocycles. The summed E-state index contributed by atoms with van der Waals surface area (Å²) < 4.78 is 0. The van der Waals surface area contributed by atoms with Crippen molar-refractivity contribution in [3.63, 3.8) is 0 Å². The van der Waals surface area contributed by atoms with Gasteiger partial charge in [0.2, 0.25) is 5.91 Å². The van der Waals surface area contributed by atoms with E-state index >= 15 is 0 Å². The molecule has 0 spiro atoms. The number of nitriles is 1.